The highest BCUT2D eigenvalue weighted by Gasteiger charge is 2.35. The van der Waals surface area contributed by atoms with E-state index in [1.54, 1.807) is 10.8 Å². The van der Waals surface area contributed by atoms with Gasteiger partial charge in [0.2, 0.25) is 15.0 Å². The van der Waals surface area contributed by atoms with Crippen molar-refractivity contribution in [3.8, 4) is 0 Å². The first-order chi connectivity index (χ1) is 14.8. The first-order valence-corrected chi connectivity index (χ1v) is 13.0. The Morgan fingerprint density at radius 3 is 2.55 bits per heavy atom. The molecule has 6 nitrogen and oxygen atoms in total. The second-order valence-electron chi connectivity index (χ2n) is 8.42. The molecule has 3 aromatic rings. The molecule has 2 heterocycles. The number of hydrogen-bond acceptors (Lipinski definition) is 5. The van der Waals surface area contributed by atoms with Gasteiger partial charge in [0.1, 0.15) is 0 Å². The summed E-state index contributed by atoms with van der Waals surface area (Å²) in [6, 6.07) is 13.1. The van der Waals surface area contributed by atoms with Crippen molar-refractivity contribution in [2.45, 2.75) is 56.7 Å². The number of carbonyl (C=O) groups excluding carboxylic acids is 1. The molecule has 0 aliphatic heterocycles. The van der Waals surface area contributed by atoms with E-state index < -0.39 is 9.84 Å². The Morgan fingerprint density at radius 2 is 1.94 bits per heavy atom. The van der Waals surface area contributed by atoms with Crippen LogP contribution < -0.4 is 0 Å². The van der Waals surface area contributed by atoms with Gasteiger partial charge in [-0.25, -0.2) is 13.4 Å². The fourth-order valence-corrected chi connectivity index (χ4v) is 5.83. The molecular formula is C23H27N3O3S2. The van der Waals surface area contributed by atoms with Gasteiger partial charge in [0.25, 0.3) is 5.91 Å². The maximum Gasteiger partial charge on any atom is 0.264 e. The number of nitrogens with zero attached hydrogens (tertiary/aromatic N) is 3. The van der Waals surface area contributed by atoms with Gasteiger partial charge < -0.3 is 9.47 Å². The van der Waals surface area contributed by atoms with Crippen molar-refractivity contribution >= 4 is 27.1 Å². The van der Waals surface area contributed by atoms with E-state index in [0.717, 1.165) is 24.1 Å². The second-order valence-corrected chi connectivity index (χ2v) is 11.3. The van der Waals surface area contributed by atoms with Crippen molar-refractivity contribution in [2.24, 2.45) is 5.92 Å². The number of benzene rings is 1. The van der Waals surface area contributed by atoms with Crippen LogP contribution in [0.2, 0.25) is 0 Å². The Balaban J connectivity index is 1.65. The van der Waals surface area contributed by atoms with Crippen molar-refractivity contribution in [1.82, 2.24) is 14.5 Å². The molecule has 0 unspecified atom stereocenters. The largest absolute Gasteiger partial charge is 0.329 e. The molecule has 0 N–H and O–H groups in total. The highest BCUT2D eigenvalue weighted by molar-refractivity contribution is 7.90. The van der Waals surface area contributed by atoms with Gasteiger partial charge >= 0.3 is 0 Å². The molecule has 4 rings (SSSR count). The molecular weight excluding hydrogens is 430 g/mol. The summed E-state index contributed by atoms with van der Waals surface area (Å²) in [6.45, 7) is 4.99. The number of hydrogen-bond donors (Lipinski definition) is 0. The van der Waals surface area contributed by atoms with Gasteiger partial charge in [-0.2, -0.15) is 0 Å². The molecule has 1 amide bonds. The lowest BCUT2D eigenvalue weighted by molar-refractivity contribution is 0.0730. The number of sulfone groups is 1. The number of amides is 1. The molecule has 8 heteroatoms. The van der Waals surface area contributed by atoms with Crippen LogP contribution >= 0.6 is 11.3 Å². The van der Waals surface area contributed by atoms with Gasteiger partial charge in [-0.05, 0) is 35.8 Å². The average molecular weight is 458 g/mol. The number of rotatable bonds is 9. The maximum atomic E-state index is 13.2. The molecule has 2 aromatic heterocycles. The molecule has 0 atom stereocenters. The molecule has 31 heavy (non-hydrogen) atoms. The van der Waals surface area contributed by atoms with Gasteiger partial charge in [0.15, 0.2) is 0 Å². The molecule has 0 spiro atoms. The fourth-order valence-electron chi connectivity index (χ4n) is 3.65. The van der Waals surface area contributed by atoms with Gasteiger partial charge in [-0.3, -0.25) is 4.79 Å². The van der Waals surface area contributed by atoms with Gasteiger partial charge in [0, 0.05) is 12.6 Å². The highest BCUT2D eigenvalue weighted by Crippen LogP contribution is 2.31. The van der Waals surface area contributed by atoms with Crippen molar-refractivity contribution in [3.05, 3.63) is 70.2 Å². The predicted octanol–water partition coefficient (Wildman–Crippen LogP) is 4.38. The van der Waals surface area contributed by atoms with Gasteiger partial charge in [0.05, 0.1) is 29.1 Å². The molecule has 0 bridgehead atoms. The van der Waals surface area contributed by atoms with E-state index in [1.165, 1.54) is 11.3 Å². The summed E-state index contributed by atoms with van der Waals surface area (Å²) in [5.41, 5.74) is 1.49. The second kappa shape index (κ2) is 8.96. The van der Waals surface area contributed by atoms with Crippen molar-refractivity contribution in [1.29, 1.82) is 0 Å². The third-order valence-corrected chi connectivity index (χ3v) is 7.69. The van der Waals surface area contributed by atoms with Crippen molar-refractivity contribution in [2.75, 3.05) is 0 Å². The van der Waals surface area contributed by atoms with E-state index in [4.69, 9.17) is 0 Å². The van der Waals surface area contributed by atoms with E-state index in [-0.39, 0.29) is 28.8 Å². The molecule has 1 saturated carbocycles. The molecule has 0 saturated heterocycles. The van der Waals surface area contributed by atoms with Gasteiger partial charge in [-0.1, -0.05) is 50.2 Å². The Hall–Kier alpha value is -2.45. The Bertz CT molecular complexity index is 1130. The number of aromatic nitrogens is 2. The predicted molar refractivity (Wildman–Crippen MR) is 122 cm³/mol. The minimum absolute atomic E-state index is 0.00323. The maximum absolute atomic E-state index is 13.2. The number of imidazole rings is 1. The summed E-state index contributed by atoms with van der Waals surface area (Å²) in [5, 5.41) is 1.98. The summed E-state index contributed by atoms with van der Waals surface area (Å²) >= 11 is 1.43. The monoisotopic (exact) mass is 457 g/mol. The fraction of sp³-hybridized carbons (Fsp3) is 0.391. The van der Waals surface area contributed by atoms with Crippen molar-refractivity contribution in [3.63, 3.8) is 0 Å². The highest BCUT2D eigenvalue weighted by atomic mass is 32.2. The lowest BCUT2D eigenvalue weighted by atomic mass is 10.2. The Kier molecular flexibility index (Phi) is 6.29. The van der Waals surface area contributed by atoms with Crippen LogP contribution in [0, 0.1) is 5.92 Å². The molecule has 1 aliphatic carbocycles. The van der Waals surface area contributed by atoms with Crippen LogP contribution in [-0.2, 0) is 28.7 Å². The van der Waals surface area contributed by atoms with Crippen LogP contribution in [0.4, 0.5) is 0 Å². The zero-order chi connectivity index (χ0) is 22.0. The number of carbonyl (C=O) groups is 1. The SMILES string of the molecule is CC(C)Cn1c(CN(C(=O)c2cccs2)C2CC2)cnc1S(=O)(=O)Cc1ccccc1. The first kappa shape index (κ1) is 21.8. The Morgan fingerprint density at radius 1 is 1.19 bits per heavy atom. The van der Waals surface area contributed by atoms with Crippen LogP contribution in [0.5, 0.6) is 0 Å². The van der Waals surface area contributed by atoms with Crippen LogP contribution in [0.3, 0.4) is 0 Å². The van der Waals surface area contributed by atoms with E-state index in [1.807, 2.05) is 66.6 Å². The van der Waals surface area contributed by atoms with Crippen LogP contribution in [0.1, 0.15) is 47.6 Å². The van der Waals surface area contributed by atoms with Gasteiger partial charge in [-0.15, -0.1) is 11.3 Å². The number of thiophene rings is 1. The van der Waals surface area contributed by atoms with Crippen LogP contribution in [-0.4, -0.2) is 34.8 Å². The first-order valence-electron chi connectivity index (χ1n) is 10.5. The lowest BCUT2D eigenvalue weighted by Crippen LogP contribution is -2.33. The third kappa shape index (κ3) is 5.07. The average Bonchev–Trinajstić information content (AvgIpc) is 3.25. The molecule has 0 radical (unpaired) electrons. The Labute approximate surface area is 187 Å². The summed E-state index contributed by atoms with van der Waals surface area (Å²) < 4.78 is 28.2. The van der Waals surface area contributed by atoms with E-state index in [9.17, 15) is 13.2 Å². The van der Waals surface area contributed by atoms with E-state index in [0.29, 0.717) is 18.0 Å². The van der Waals surface area contributed by atoms with E-state index >= 15 is 0 Å². The molecule has 1 fully saturated rings. The summed E-state index contributed by atoms with van der Waals surface area (Å²) in [6.07, 6.45) is 3.58. The van der Waals surface area contributed by atoms with Crippen molar-refractivity contribution < 1.29 is 13.2 Å². The zero-order valence-electron chi connectivity index (χ0n) is 17.8. The summed E-state index contributed by atoms with van der Waals surface area (Å²) in [7, 11) is -3.62. The molecule has 1 aliphatic rings. The zero-order valence-corrected chi connectivity index (χ0v) is 19.4. The normalized spacial score (nSPS) is 14.2. The molecule has 164 valence electrons. The third-order valence-electron chi connectivity index (χ3n) is 5.24. The van der Waals surface area contributed by atoms with E-state index in [2.05, 4.69) is 4.98 Å². The van der Waals surface area contributed by atoms with Crippen LogP contribution in [0.25, 0.3) is 0 Å². The summed E-state index contributed by atoms with van der Waals surface area (Å²) in [4.78, 5) is 20.0. The minimum Gasteiger partial charge on any atom is -0.329 e. The smallest absolute Gasteiger partial charge is 0.264 e. The standard InChI is InChI=1S/C23H27N3O3S2/c1-17(2)14-26-20(15-25(19-10-11-19)22(27)21-9-6-12-30-21)13-24-23(26)31(28,29)16-18-7-4-3-5-8-18/h3-9,12-13,17,19H,10-11,14-16H2,1-2H3. The summed E-state index contributed by atoms with van der Waals surface area (Å²) in [5.74, 6) is 0.146. The topological polar surface area (TPSA) is 72.3 Å². The quantitative estimate of drug-likeness (QED) is 0.478. The lowest BCUT2D eigenvalue weighted by Gasteiger charge is -2.23. The minimum atomic E-state index is -3.62. The van der Waals surface area contributed by atoms with Crippen LogP contribution in [0.15, 0.2) is 59.2 Å². The molecule has 1 aromatic carbocycles.